The van der Waals surface area contributed by atoms with Crippen LogP contribution in [-0.2, 0) is 22.7 Å². The molecule has 2 aliphatic rings. The van der Waals surface area contributed by atoms with Gasteiger partial charge < -0.3 is 10.2 Å². The molecule has 1 aromatic heterocycles. The number of nitrogens with one attached hydrogen (secondary N) is 1. The molecule has 0 radical (unpaired) electrons. The van der Waals surface area contributed by atoms with Gasteiger partial charge in [0, 0.05) is 36.8 Å². The number of benzene rings is 1. The summed E-state index contributed by atoms with van der Waals surface area (Å²) in [6.45, 7) is 5.77. The van der Waals surface area contributed by atoms with Gasteiger partial charge in [-0.2, -0.15) is 5.10 Å². The average Bonchev–Trinajstić information content (AvgIpc) is 3.42. The number of hydrogen-bond acceptors (Lipinski definition) is 3. The third-order valence-electron chi connectivity index (χ3n) is 6.44. The molecule has 154 valence electrons. The summed E-state index contributed by atoms with van der Waals surface area (Å²) in [5, 5.41) is 7.72. The Labute approximate surface area is 172 Å². The Hall–Kier alpha value is -2.63. The molecule has 2 aromatic rings. The monoisotopic (exact) mass is 394 g/mol. The molecule has 1 saturated heterocycles. The molecule has 1 aliphatic heterocycles. The highest BCUT2D eigenvalue weighted by molar-refractivity contribution is 5.89. The van der Waals surface area contributed by atoms with E-state index in [4.69, 9.17) is 0 Å². The van der Waals surface area contributed by atoms with E-state index < -0.39 is 0 Å². The van der Waals surface area contributed by atoms with E-state index in [1.54, 1.807) is 0 Å². The van der Waals surface area contributed by atoms with Gasteiger partial charge in [0.05, 0.1) is 18.2 Å². The molecule has 1 aromatic carbocycles. The summed E-state index contributed by atoms with van der Waals surface area (Å²) < 4.78 is 1.99. The van der Waals surface area contributed by atoms with Crippen LogP contribution in [0.15, 0.2) is 30.3 Å². The van der Waals surface area contributed by atoms with Gasteiger partial charge in [0.2, 0.25) is 11.8 Å². The Morgan fingerprint density at radius 3 is 2.62 bits per heavy atom. The van der Waals surface area contributed by atoms with Crippen LogP contribution in [0.1, 0.15) is 54.6 Å². The zero-order valence-corrected chi connectivity index (χ0v) is 17.4. The number of amides is 2. The van der Waals surface area contributed by atoms with Crippen LogP contribution in [0.25, 0.3) is 0 Å². The molecule has 6 nitrogen and oxygen atoms in total. The number of rotatable bonds is 6. The third-order valence-corrected chi connectivity index (χ3v) is 6.44. The summed E-state index contributed by atoms with van der Waals surface area (Å²) in [5.74, 6) is -0.114. The lowest BCUT2D eigenvalue weighted by Crippen LogP contribution is -2.36. The zero-order chi connectivity index (χ0) is 20.4. The van der Waals surface area contributed by atoms with Crippen LogP contribution in [0.2, 0.25) is 0 Å². The van der Waals surface area contributed by atoms with Crippen molar-refractivity contribution in [3.63, 3.8) is 0 Å². The lowest BCUT2D eigenvalue weighted by Gasteiger charge is -2.23. The van der Waals surface area contributed by atoms with Gasteiger partial charge in [-0.25, -0.2) is 0 Å². The van der Waals surface area contributed by atoms with Crippen LogP contribution < -0.4 is 5.32 Å². The van der Waals surface area contributed by atoms with Gasteiger partial charge in [-0.1, -0.05) is 43.2 Å². The van der Waals surface area contributed by atoms with E-state index in [-0.39, 0.29) is 17.7 Å². The number of hydrogen-bond donors (Lipinski definition) is 1. The summed E-state index contributed by atoms with van der Waals surface area (Å²) in [6, 6.07) is 10.6. The van der Waals surface area contributed by atoms with Crippen molar-refractivity contribution in [2.24, 2.45) is 5.92 Å². The maximum absolute atomic E-state index is 12.7. The summed E-state index contributed by atoms with van der Waals surface area (Å²) in [7, 11) is 0. The molecule has 1 atom stereocenters. The Kier molecular flexibility index (Phi) is 5.69. The molecule has 2 amide bonds. The van der Waals surface area contributed by atoms with Gasteiger partial charge in [-0.15, -0.1) is 0 Å². The maximum Gasteiger partial charge on any atom is 0.225 e. The fourth-order valence-corrected chi connectivity index (χ4v) is 4.70. The van der Waals surface area contributed by atoms with Crippen molar-refractivity contribution in [3.8, 4) is 0 Å². The van der Waals surface area contributed by atoms with Crippen molar-refractivity contribution in [1.29, 1.82) is 0 Å². The normalized spacial score (nSPS) is 19.9. The van der Waals surface area contributed by atoms with Crippen LogP contribution in [0.4, 0.5) is 0 Å². The van der Waals surface area contributed by atoms with Crippen molar-refractivity contribution in [2.45, 2.75) is 65.1 Å². The van der Waals surface area contributed by atoms with Gasteiger partial charge >= 0.3 is 0 Å². The third kappa shape index (κ3) is 4.21. The predicted molar refractivity (Wildman–Crippen MR) is 111 cm³/mol. The summed E-state index contributed by atoms with van der Waals surface area (Å²) in [4.78, 5) is 27.0. The van der Waals surface area contributed by atoms with Gasteiger partial charge in [0.1, 0.15) is 0 Å². The van der Waals surface area contributed by atoms with Gasteiger partial charge in [0.15, 0.2) is 0 Å². The molecular weight excluding hydrogens is 364 g/mol. The first kappa shape index (κ1) is 19.7. The number of carbonyl (C=O) groups is 2. The highest BCUT2D eigenvalue weighted by atomic mass is 16.2. The molecular formula is C23H30N4O2. The second-order valence-corrected chi connectivity index (χ2v) is 8.40. The van der Waals surface area contributed by atoms with Crippen LogP contribution in [0, 0.1) is 19.8 Å². The summed E-state index contributed by atoms with van der Waals surface area (Å²) in [5.41, 5.74) is 4.27. The quantitative estimate of drug-likeness (QED) is 0.819. The largest absolute Gasteiger partial charge is 0.352 e. The highest BCUT2D eigenvalue weighted by Gasteiger charge is 2.38. The second-order valence-electron chi connectivity index (χ2n) is 8.40. The van der Waals surface area contributed by atoms with Crippen molar-refractivity contribution in [1.82, 2.24) is 20.0 Å². The Morgan fingerprint density at radius 1 is 1.17 bits per heavy atom. The Bertz CT molecular complexity index is 884. The van der Waals surface area contributed by atoms with Crippen LogP contribution in [-0.4, -0.2) is 39.1 Å². The number of nitrogens with zero attached hydrogens (tertiary/aromatic N) is 3. The summed E-state index contributed by atoms with van der Waals surface area (Å²) >= 11 is 0. The second kappa shape index (κ2) is 8.39. The van der Waals surface area contributed by atoms with E-state index in [1.165, 1.54) is 18.4 Å². The molecule has 2 fully saturated rings. The average molecular weight is 395 g/mol. The van der Waals surface area contributed by atoms with E-state index >= 15 is 0 Å². The van der Waals surface area contributed by atoms with Gasteiger partial charge in [0.25, 0.3) is 0 Å². The molecule has 1 unspecified atom stereocenters. The molecule has 1 saturated carbocycles. The fourth-order valence-electron chi connectivity index (χ4n) is 4.70. The van der Waals surface area contributed by atoms with E-state index in [1.807, 2.05) is 41.6 Å². The van der Waals surface area contributed by atoms with Crippen molar-refractivity contribution >= 4 is 11.8 Å². The first-order valence-electron chi connectivity index (χ1n) is 10.7. The Balaban J connectivity index is 1.36. The van der Waals surface area contributed by atoms with Gasteiger partial charge in [-0.3, -0.25) is 14.3 Å². The molecule has 2 heterocycles. The number of likely N-dealkylation sites (tertiary alicyclic amines) is 1. The minimum atomic E-state index is -0.233. The SMILES string of the molecule is Cc1nn(Cc2ccccc2)c(C)c1CNC(=O)C1CC(=O)N(C2CCCC2)C1. The molecule has 0 spiro atoms. The summed E-state index contributed by atoms with van der Waals surface area (Å²) in [6.07, 6.45) is 4.89. The first-order valence-corrected chi connectivity index (χ1v) is 10.7. The smallest absolute Gasteiger partial charge is 0.225 e. The predicted octanol–water partition coefficient (Wildman–Crippen LogP) is 2.96. The number of carbonyl (C=O) groups excluding carboxylic acids is 2. The van der Waals surface area contributed by atoms with E-state index in [9.17, 15) is 9.59 Å². The topological polar surface area (TPSA) is 67.2 Å². The van der Waals surface area contributed by atoms with E-state index in [0.29, 0.717) is 25.6 Å². The lowest BCUT2D eigenvalue weighted by atomic mass is 10.1. The van der Waals surface area contributed by atoms with Crippen LogP contribution in [0.5, 0.6) is 0 Å². The highest BCUT2D eigenvalue weighted by Crippen LogP contribution is 2.29. The Morgan fingerprint density at radius 2 is 1.90 bits per heavy atom. The van der Waals surface area contributed by atoms with E-state index in [0.717, 1.165) is 36.3 Å². The standard InChI is InChI=1S/C23H30N4O2/c1-16-21(17(2)27(25-16)14-18-8-4-3-5-9-18)13-24-23(29)19-12-22(28)26(15-19)20-10-6-7-11-20/h3-5,8-9,19-20H,6-7,10-15H2,1-2H3,(H,24,29). The van der Waals surface area contributed by atoms with Crippen molar-refractivity contribution in [2.75, 3.05) is 6.54 Å². The van der Waals surface area contributed by atoms with Crippen molar-refractivity contribution in [3.05, 3.63) is 52.8 Å². The van der Waals surface area contributed by atoms with Crippen LogP contribution in [0.3, 0.4) is 0 Å². The molecule has 0 bridgehead atoms. The molecule has 29 heavy (non-hydrogen) atoms. The minimum absolute atomic E-state index is 0.0199. The number of aryl methyl sites for hydroxylation is 1. The maximum atomic E-state index is 12.7. The van der Waals surface area contributed by atoms with Crippen molar-refractivity contribution < 1.29 is 9.59 Å². The van der Waals surface area contributed by atoms with Gasteiger partial charge in [-0.05, 0) is 32.3 Å². The first-order chi connectivity index (χ1) is 14.0. The fraction of sp³-hybridized carbons (Fsp3) is 0.522. The van der Waals surface area contributed by atoms with E-state index in [2.05, 4.69) is 22.5 Å². The zero-order valence-electron chi connectivity index (χ0n) is 17.4. The lowest BCUT2D eigenvalue weighted by molar-refractivity contribution is -0.130. The molecule has 6 heteroatoms. The molecule has 1 N–H and O–H groups in total. The van der Waals surface area contributed by atoms with Crippen LogP contribution >= 0.6 is 0 Å². The molecule has 4 rings (SSSR count). The molecule has 1 aliphatic carbocycles. The number of aromatic nitrogens is 2. The minimum Gasteiger partial charge on any atom is -0.352 e.